The molecule has 2 aromatic rings. The van der Waals surface area contributed by atoms with Gasteiger partial charge in [-0.3, -0.25) is 4.79 Å². The fourth-order valence-electron chi connectivity index (χ4n) is 2.13. The van der Waals surface area contributed by atoms with Crippen molar-refractivity contribution in [2.24, 2.45) is 0 Å². The van der Waals surface area contributed by atoms with E-state index in [1.807, 2.05) is 6.07 Å². The number of halogens is 3. The second-order valence-electron chi connectivity index (χ2n) is 5.00. The molecule has 0 unspecified atom stereocenters. The van der Waals surface area contributed by atoms with Gasteiger partial charge in [0.05, 0.1) is 7.11 Å². The number of hydrogen-bond acceptors (Lipinski definition) is 3. The van der Waals surface area contributed by atoms with Crippen molar-refractivity contribution in [1.29, 1.82) is 0 Å². The van der Waals surface area contributed by atoms with E-state index in [1.54, 1.807) is 36.4 Å². The lowest BCUT2D eigenvalue weighted by atomic mass is 10.1. The molecule has 4 nitrogen and oxygen atoms in total. The maximum Gasteiger partial charge on any atom is 0.328 e. The van der Waals surface area contributed by atoms with Crippen LogP contribution in [0.1, 0.15) is 15.9 Å². The standard InChI is InChI=1S/C17H14Br2ClNO3/c1-24-17(23)15(9-11-8-13(20)5-6-14(11)19)21-16(22)10-3-2-4-12(18)7-10/h2-8,15H,9H2,1H3,(H,21,22)/t15-/m0/s1. The van der Waals surface area contributed by atoms with Crippen LogP contribution in [0, 0.1) is 0 Å². The first-order chi connectivity index (χ1) is 11.4. The first-order valence-electron chi connectivity index (χ1n) is 6.99. The number of hydrogen-bond donors (Lipinski definition) is 1. The van der Waals surface area contributed by atoms with Crippen LogP contribution in [0.3, 0.4) is 0 Å². The summed E-state index contributed by atoms with van der Waals surface area (Å²) < 4.78 is 6.39. The van der Waals surface area contributed by atoms with Crippen LogP contribution in [-0.2, 0) is 16.0 Å². The van der Waals surface area contributed by atoms with Crippen molar-refractivity contribution in [1.82, 2.24) is 5.32 Å². The van der Waals surface area contributed by atoms with Gasteiger partial charge in [0.15, 0.2) is 0 Å². The lowest BCUT2D eigenvalue weighted by Gasteiger charge is -2.17. The van der Waals surface area contributed by atoms with Crippen LogP contribution >= 0.6 is 43.5 Å². The molecule has 0 radical (unpaired) electrons. The Labute approximate surface area is 161 Å². The summed E-state index contributed by atoms with van der Waals surface area (Å²) >= 11 is 12.7. The molecule has 0 saturated carbocycles. The Morgan fingerprint density at radius 3 is 2.62 bits per heavy atom. The second kappa shape index (κ2) is 8.65. The molecule has 0 saturated heterocycles. The van der Waals surface area contributed by atoms with E-state index in [-0.39, 0.29) is 12.3 Å². The lowest BCUT2D eigenvalue weighted by Crippen LogP contribution is -2.43. The zero-order valence-electron chi connectivity index (χ0n) is 12.7. The molecule has 0 bridgehead atoms. The van der Waals surface area contributed by atoms with Crippen molar-refractivity contribution in [3.8, 4) is 0 Å². The topological polar surface area (TPSA) is 55.4 Å². The summed E-state index contributed by atoms with van der Waals surface area (Å²) in [5.74, 6) is -0.880. The Kier molecular flexibility index (Phi) is 6.83. The number of ether oxygens (including phenoxy) is 1. The summed E-state index contributed by atoms with van der Waals surface area (Å²) in [5.41, 5.74) is 1.25. The van der Waals surface area contributed by atoms with Crippen LogP contribution in [0.15, 0.2) is 51.4 Å². The van der Waals surface area contributed by atoms with Crippen LogP contribution in [0.5, 0.6) is 0 Å². The van der Waals surface area contributed by atoms with E-state index in [4.69, 9.17) is 16.3 Å². The first kappa shape index (κ1) is 19.0. The van der Waals surface area contributed by atoms with Crippen LogP contribution in [-0.4, -0.2) is 25.0 Å². The van der Waals surface area contributed by atoms with Gasteiger partial charge in [-0.1, -0.05) is 49.5 Å². The van der Waals surface area contributed by atoms with Crippen molar-refractivity contribution in [3.05, 3.63) is 67.6 Å². The summed E-state index contributed by atoms with van der Waals surface area (Å²) in [6.45, 7) is 0. The summed E-state index contributed by atoms with van der Waals surface area (Å²) in [5, 5.41) is 3.26. The van der Waals surface area contributed by atoms with E-state index in [1.165, 1.54) is 7.11 Å². The fraction of sp³-hybridized carbons (Fsp3) is 0.176. The molecule has 126 valence electrons. The smallest absolute Gasteiger partial charge is 0.328 e. The Morgan fingerprint density at radius 2 is 1.96 bits per heavy atom. The minimum absolute atomic E-state index is 0.257. The maximum atomic E-state index is 12.4. The first-order valence-corrected chi connectivity index (χ1v) is 8.95. The van der Waals surface area contributed by atoms with Gasteiger partial charge < -0.3 is 10.1 Å². The number of nitrogens with one attached hydrogen (secondary N) is 1. The number of carbonyl (C=O) groups excluding carboxylic acids is 2. The van der Waals surface area contributed by atoms with Gasteiger partial charge in [-0.25, -0.2) is 4.79 Å². The normalized spacial score (nSPS) is 11.7. The highest BCUT2D eigenvalue weighted by Crippen LogP contribution is 2.23. The number of amides is 1. The number of methoxy groups -OCH3 is 1. The summed E-state index contributed by atoms with van der Waals surface area (Å²) in [6, 6.07) is 11.4. The molecule has 1 amide bonds. The maximum absolute atomic E-state index is 12.4. The van der Waals surface area contributed by atoms with E-state index in [0.717, 1.165) is 14.5 Å². The molecule has 2 rings (SSSR count). The highest BCUT2D eigenvalue weighted by atomic mass is 79.9. The fourth-order valence-corrected chi connectivity index (χ4v) is 3.13. The molecule has 0 spiro atoms. The third-order valence-corrected chi connectivity index (χ3v) is 4.81. The summed E-state index contributed by atoms with van der Waals surface area (Å²) in [7, 11) is 1.29. The molecule has 2 aromatic carbocycles. The number of benzene rings is 2. The largest absolute Gasteiger partial charge is 0.467 e. The van der Waals surface area contributed by atoms with Gasteiger partial charge in [-0.2, -0.15) is 0 Å². The van der Waals surface area contributed by atoms with E-state index in [9.17, 15) is 9.59 Å². The van der Waals surface area contributed by atoms with E-state index in [0.29, 0.717) is 10.6 Å². The van der Waals surface area contributed by atoms with Crippen LogP contribution in [0.4, 0.5) is 0 Å². The molecule has 0 aliphatic carbocycles. The number of esters is 1. The predicted octanol–water partition coefficient (Wildman–Crippen LogP) is 4.38. The molecule has 0 aliphatic heterocycles. The van der Waals surface area contributed by atoms with Gasteiger partial charge in [0, 0.05) is 26.0 Å². The molecule has 0 aliphatic rings. The molecule has 0 heterocycles. The molecule has 0 fully saturated rings. The average molecular weight is 476 g/mol. The highest BCUT2D eigenvalue weighted by molar-refractivity contribution is 9.10. The van der Waals surface area contributed by atoms with Crippen molar-refractivity contribution in [3.63, 3.8) is 0 Å². The van der Waals surface area contributed by atoms with Crippen molar-refractivity contribution < 1.29 is 14.3 Å². The van der Waals surface area contributed by atoms with E-state index < -0.39 is 12.0 Å². The van der Waals surface area contributed by atoms with Gasteiger partial charge in [-0.15, -0.1) is 0 Å². The zero-order valence-corrected chi connectivity index (χ0v) is 16.6. The van der Waals surface area contributed by atoms with Crippen LogP contribution in [0.2, 0.25) is 5.02 Å². The minimum Gasteiger partial charge on any atom is -0.467 e. The Bertz CT molecular complexity index is 767. The average Bonchev–Trinajstić information content (AvgIpc) is 2.56. The van der Waals surface area contributed by atoms with Gasteiger partial charge >= 0.3 is 5.97 Å². The quantitative estimate of drug-likeness (QED) is 0.653. The molecule has 1 atom stereocenters. The van der Waals surface area contributed by atoms with Crippen LogP contribution in [0.25, 0.3) is 0 Å². The predicted molar refractivity (Wildman–Crippen MR) is 100 cm³/mol. The van der Waals surface area contributed by atoms with Gasteiger partial charge in [0.1, 0.15) is 6.04 Å². The number of carbonyl (C=O) groups is 2. The Hall–Kier alpha value is -1.37. The molecule has 0 aromatic heterocycles. The van der Waals surface area contributed by atoms with E-state index >= 15 is 0 Å². The monoisotopic (exact) mass is 473 g/mol. The van der Waals surface area contributed by atoms with Crippen LogP contribution < -0.4 is 5.32 Å². The van der Waals surface area contributed by atoms with Crippen molar-refractivity contribution in [2.45, 2.75) is 12.5 Å². The molecular weight excluding hydrogens is 461 g/mol. The minimum atomic E-state index is -0.823. The SMILES string of the molecule is COC(=O)[C@H](Cc1cc(Cl)ccc1Br)NC(=O)c1cccc(Br)c1. The molecular formula is C17H14Br2ClNO3. The molecule has 1 N–H and O–H groups in total. The summed E-state index contributed by atoms with van der Waals surface area (Å²) in [6.07, 6.45) is 0.257. The van der Waals surface area contributed by atoms with E-state index in [2.05, 4.69) is 37.2 Å². The lowest BCUT2D eigenvalue weighted by molar-refractivity contribution is -0.142. The molecule has 24 heavy (non-hydrogen) atoms. The third kappa shape index (κ3) is 5.06. The van der Waals surface area contributed by atoms with Gasteiger partial charge in [0.25, 0.3) is 5.91 Å². The second-order valence-corrected chi connectivity index (χ2v) is 7.21. The summed E-state index contributed by atoms with van der Waals surface area (Å²) in [4.78, 5) is 24.4. The number of rotatable bonds is 5. The van der Waals surface area contributed by atoms with Crippen molar-refractivity contribution in [2.75, 3.05) is 7.11 Å². The van der Waals surface area contributed by atoms with Gasteiger partial charge in [0.2, 0.25) is 0 Å². The third-order valence-electron chi connectivity index (χ3n) is 3.31. The van der Waals surface area contributed by atoms with Gasteiger partial charge in [-0.05, 0) is 42.0 Å². The molecule has 7 heteroatoms. The highest BCUT2D eigenvalue weighted by Gasteiger charge is 2.23. The van der Waals surface area contributed by atoms with Crippen molar-refractivity contribution >= 4 is 55.3 Å². The Balaban J connectivity index is 2.21. The zero-order chi connectivity index (χ0) is 17.7. The Morgan fingerprint density at radius 1 is 1.21 bits per heavy atom.